The number of benzene rings is 2. The second-order valence-electron chi connectivity index (χ2n) is 9.62. The molecule has 0 amide bonds. The van der Waals surface area contributed by atoms with E-state index in [0.717, 1.165) is 0 Å². The Morgan fingerprint density at radius 1 is 0.690 bits per heavy atom. The van der Waals surface area contributed by atoms with Crippen LogP contribution in [0.2, 0.25) is 0 Å². The summed E-state index contributed by atoms with van der Waals surface area (Å²) in [5, 5.41) is 3.04. The van der Waals surface area contributed by atoms with Crippen LogP contribution in [0.15, 0.2) is 42.5 Å². The van der Waals surface area contributed by atoms with Crippen LogP contribution in [0.1, 0.15) is 116 Å². The monoisotopic (exact) mass is 412 g/mol. The number of rotatable bonds is 15. The first-order valence-electron chi connectivity index (χ1n) is 12.3. The van der Waals surface area contributed by atoms with Crippen LogP contribution in [-0.4, -0.2) is 5.16 Å². The molecule has 0 aliphatic heterocycles. The summed E-state index contributed by atoms with van der Waals surface area (Å²) in [4.78, 5) is 0. The van der Waals surface area contributed by atoms with Gasteiger partial charge in [-0.2, -0.15) is 0 Å². The molecule has 0 heterocycles. The number of hydrogen-bond donors (Lipinski definition) is 0. The van der Waals surface area contributed by atoms with Crippen molar-refractivity contribution in [1.29, 1.82) is 0 Å². The number of hydrogen-bond acceptors (Lipinski definition) is 0. The summed E-state index contributed by atoms with van der Waals surface area (Å²) in [6.07, 6.45) is 18.3. The molecule has 2 unspecified atom stereocenters. The first-order chi connectivity index (χ1) is 14.0. The van der Waals surface area contributed by atoms with Crippen molar-refractivity contribution in [3.05, 3.63) is 48.0 Å². The first-order valence-corrected chi connectivity index (χ1v) is 12.9. The van der Waals surface area contributed by atoms with Gasteiger partial charge in [0.15, 0.2) is 0 Å². The van der Waals surface area contributed by atoms with Crippen LogP contribution < -0.4 is 0 Å². The minimum atomic E-state index is 0.224. The van der Waals surface area contributed by atoms with Crippen LogP contribution in [0.5, 0.6) is 0 Å². The van der Waals surface area contributed by atoms with Gasteiger partial charge in [0.05, 0.1) is 0 Å². The summed E-state index contributed by atoms with van der Waals surface area (Å²) in [5.41, 5.74) is 1.53. The molecule has 2 atom stereocenters. The van der Waals surface area contributed by atoms with Crippen molar-refractivity contribution in [3.63, 3.8) is 0 Å². The minimum Gasteiger partial charge on any atom is -0.131 e. The summed E-state index contributed by atoms with van der Waals surface area (Å²) in [6, 6.07) is 15.7. The van der Waals surface area contributed by atoms with E-state index in [1.807, 2.05) is 0 Å². The Labute approximate surface area is 183 Å². The normalized spacial score (nSPS) is 13.1. The zero-order valence-corrected chi connectivity index (χ0v) is 20.5. The third-order valence-corrected chi connectivity index (χ3v) is 6.85. The van der Waals surface area contributed by atoms with Crippen LogP contribution in [0, 0.1) is 0 Å². The van der Waals surface area contributed by atoms with Crippen molar-refractivity contribution in [1.82, 2.24) is 0 Å². The molecule has 1 heteroatoms. The van der Waals surface area contributed by atoms with E-state index >= 15 is 0 Å². The van der Waals surface area contributed by atoms with Gasteiger partial charge in [0, 0.05) is 0 Å². The smallest absolute Gasteiger partial charge is 0.00700 e. The standard InChI is InChI=1S/C28H45P/c1-4-5-6-7-8-9-10-11-12-13-14-15-23-27(28(2,3)29)26-22-18-20-24-19-16-17-21-25(24)26/h16-22,27H,4-15,23,29H2,1-3H3. The average molecular weight is 413 g/mol. The van der Waals surface area contributed by atoms with Crippen molar-refractivity contribution in [3.8, 4) is 0 Å². The molecular weight excluding hydrogens is 367 g/mol. The van der Waals surface area contributed by atoms with E-state index in [9.17, 15) is 0 Å². The van der Waals surface area contributed by atoms with E-state index in [2.05, 4.69) is 72.5 Å². The quantitative estimate of drug-likeness (QED) is 0.202. The van der Waals surface area contributed by atoms with Gasteiger partial charge in [-0.3, -0.25) is 0 Å². The minimum absolute atomic E-state index is 0.224. The van der Waals surface area contributed by atoms with Crippen molar-refractivity contribution in [2.45, 2.75) is 115 Å². The van der Waals surface area contributed by atoms with E-state index in [-0.39, 0.29) is 5.16 Å². The number of unbranched alkanes of at least 4 members (excludes halogenated alkanes) is 11. The fourth-order valence-electron chi connectivity index (χ4n) is 4.67. The largest absolute Gasteiger partial charge is 0.131 e. The zero-order valence-electron chi connectivity index (χ0n) is 19.4. The van der Waals surface area contributed by atoms with Crippen molar-refractivity contribution >= 4 is 20.0 Å². The van der Waals surface area contributed by atoms with Crippen LogP contribution in [0.4, 0.5) is 0 Å². The Balaban J connectivity index is 1.71. The summed E-state index contributed by atoms with van der Waals surface area (Å²) < 4.78 is 0. The van der Waals surface area contributed by atoms with Crippen molar-refractivity contribution in [2.75, 3.05) is 0 Å². The molecule has 0 aliphatic carbocycles. The molecule has 0 radical (unpaired) electrons. The number of fused-ring (bicyclic) bond motifs is 1. The molecule has 0 saturated heterocycles. The molecule has 0 saturated carbocycles. The second-order valence-corrected chi connectivity index (χ2v) is 11.1. The lowest BCUT2D eigenvalue weighted by molar-refractivity contribution is 0.472. The summed E-state index contributed by atoms with van der Waals surface area (Å²) in [5.74, 6) is 0.599. The Kier molecular flexibility index (Phi) is 11.3. The van der Waals surface area contributed by atoms with E-state index in [4.69, 9.17) is 0 Å². The molecule has 162 valence electrons. The van der Waals surface area contributed by atoms with Gasteiger partial charge in [-0.25, -0.2) is 0 Å². The molecule has 2 rings (SSSR count). The van der Waals surface area contributed by atoms with Crippen LogP contribution in [0.3, 0.4) is 0 Å². The highest BCUT2D eigenvalue weighted by Crippen LogP contribution is 2.41. The predicted molar refractivity (Wildman–Crippen MR) is 136 cm³/mol. The molecule has 2 aromatic carbocycles. The van der Waals surface area contributed by atoms with Gasteiger partial charge in [-0.15, -0.1) is 9.24 Å². The lowest BCUT2D eigenvalue weighted by Gasteiger charge is -2.32. The third-order valence-electron chi connectivity index (χ3n) is 6.44. The zero-order chi connectivity index (χ0) is 21.0. The lowest BCUT2D eigenvalue weighted by Crippen LogP contribution is -2.22. The molecule has 0 aromatic heterocycles. The highest BCUT2D eigenvalue weighted by atomic mass is 31.0. The van der Waals surface area contributed by atoms with E-state index < -0.39 is 0 Å². The summed E-state index contributed by atoms with van der Waals surface area (Å²) >= 11 is 0. The average Bonchev–Trinajstić information content (AvgIpc) is 2.70. The summed E-state index contributed by atoms with van der Waals surface area (Å²) in [6.45, 7) is 7.06. The highest BCUT2D eigenvalue weighted by molar-refractivity contribution is 7.19. The Morgan fingerprint density at radius 3 is 1.79 bits per heavy atom. The molecule has 0 bridgehead atoms. The van der Waals surface area contributed by atoms with Gasteiger partial charge in [-0.1, -0.05) is 140 Å². The van der Waals surface area contributed by atoms with Crippen LogP contribution in [-0.2, 0) is 0 Å². The maximum Gasteiger partial charge on any atom is -0.00700 e. The van der Waals surface area contributed by atoms with Crippen LogP contribution >= 0.6 is 9.24 Å². The maximum atomic E-state index is 3.12. The fourth-order valence-corrected chi connectivity index (χ4v) is 5.02. The lowest BCUT2D eigenvalue weighted by atomic mass is 9.81. The second kappa shape index (κ2) is 13.4. The summed E-state index contributed by atoms with van der Waals surface area (Å²) in [7, 11) is 3.12. The molecular formula is C28H45P. The SMILES string of the molecule is CCCCCCCCCCCCCCC(c1cccc2ccccc12)C(C)(C)P. The molecule has 0 nitrogen and oxygen atoms in total. The molecule has 0 aliphatic rings. The van der Waals surface area contributed by atoms with Crippen molar-refractivity contribution < 1.29 is 0 Å². The van der Waals surface area contributed by atoms with Gasteiger partial charge >= 0.3 is 0 Å². The van der Waals surface area contributed by atoms with E-state index in [1.54, 1.807) is 0 Å². The van der Waals surface area contributed by atoms with E-state index in [0.29, 0.717) is 5.92 Å². The van der Waals surface area contributed by atoms with Gasteiger partial charge in [0.25, 0.3) is 0 Å². The Bertz CT molecular complexity index is 677. The van der Waals surface area contributed by atoms with Gasteiger partial charge in [0.2, 0.25) is 0 Å². The fraction of sp³-hybridized carbons (Fsp3) is 0.643. The van der Waals surface area contributed by atoms with Crippen LogP contribution in [0.25, 0.3) is 10.8 Å². The van der Waals surface area contributed by atoms with E-state index in [1.165, 1.54) is 99.8 Å². The Hall–Kier alpha value is -0.870. The van der Waals surface area contributed by atoms with Crippen molar-refractivity contribution in [2.24, 2.45) is 0 Å². The molecule has 2 aromatic rings. The Morgan fingerprint density at radius 2 is 1.21 bits per heavy atom. The third kappa shape index (κ3) is 8.80. The van der Waals surface area contributed by atoms with Gasteiger partial charge in [-0.05, 0) is 33.8 Å². The molecule has 29 heavy (non-hydrogen) atoms. The predicted octanol–water partition coefficient (Wildman–Crippen LogP) is 9.67. The molecule has 0 spiro atoms. The highest BCUT2D eigenvalue weighted by Gasteiger charge is 2.27. The van der Waals surface area contributed by atoms with Gasteiger partial charge < -0.3 is 0 Å². The van der Waals surface area contributed by atoms with Gasteiger partial charge in [0.1, 0.15) is 0 Å². The topological polar surface area (TPSA) is 0 Å². The molecule has 0 N–H and O–H groups in total. The maximum absolute atomic E-state index is 3.12. The first kappa shape index (κ1) is 24.4. The molecule has 0 fully saturated rings.